The Morgan fingerprint density at radius 2 is 1.22 bits per heavy atom. The molecule has 0 unspecified atom stereocenters. The minimum absolute atomic E-state index is 0.0540. The lowest BCUT2D eigenvalue weighted by Crippen LogP contribution is -2.43. The van der Waals surface area contributed by atoms with Gasteiger partial charge in [0.2, 0.25) is 0 Å². The number of furan rings is 1. The van der Waals surface area contributed by atoms with Crippen molar-refractivity contribution in [3.05, 3.63) is 120 Å². The standard InChI is InChI=1S/C25H24N2O7S3/c28-35(29,20-22-12-5-2-6-13-22)24-15-7-8-16-25(24)36(30,31)27(19-23-14-9-17-34-23)37(32,33)26-18-21-10-3-1-4-11-21/h1-17,26H,18-20H2. The maximum absolute atomic E-state index is 13.8. The van der Waals surface area contributed by atoms with Crippen LogP contribution < -0.4 is 4.72 Å². The van der Waals surface area contributed by atoms with E-state index in [1.54, 1.807) is 60.7 Å². The highest BCUT2D eigenvalue weighted by molar-refractivity contribution is 8.03. The molecule has 1 heterocycles. The van der Waals surface area contributed by atoms with Gasteiger partial charge in [-0.15, -0.1) is 0 Å². The van der Waals surface area contributed by atoms with Crippen LogP contribution in [0.25, 0.3) is 0 Å². The Bertz CT molecular complexity index is 1650. The van der Waals surface area contributed by atoms with Crippen molar-refractivity contribution in [2.75, 3.05) is 0 Å². The Labute approximate surface area is 216 Å². The third-order valence-corrected chi connectivity index (χ3v) is 11.2. The van der Waals surface area contributed by atoms with Crippen LogP contribution in [0.4, 0.5) is 0 Å². The molecule has 4 aromatic rings. The van der Waals surface area contributed by atoms with Crippen LogP contribution in [-0.4, -0.2) is 29.0 Å². The second kappa shape index (κ2) is 11.0. The summed E-state index contributed by atoms with van der Waals surface area (Å²) >= 11 is 0. The summed E-state index contributed by atoms with van der Waals surface area (Å²) in [6.07, 6.45) is 1.28. The molecule has 194 valence electrons. The summed E-state index contributed by atoms with van der Waals surface area (Å²) in [6, 6.07) is 24.7. The molecule has 9 nitrogen and oxygen atoms in total. The van der Waals surface area contributed by atoms with Gasteiger partial charge < -0.3 is 4.42 Å². The number of nitrogens with zero attached hydrogens (tertiary/aromatic N) is 1. The van der Waals surface area contributed by atoms with E-state index >= 15 is 0 Å². The molecule has 1 N–H and O–H groups in total. The fraction of sp³-hybridized carbons (Fsp3) is 0.120. The van der Waals surface area contributed by atoms with E-state index in [0.29, 0.717) is 11.1 Å². The number of hydrogen-bond acceptors (Lipinski definition) is 7. The van der Waals surface area contributed by atoms with Crippen molar-refractivity contribution in [1.29, 1.82) is 0 Å². The SMILES string of the molecule is O=S(=O)(Cc1ccccc1)c1ccccc1S(=O)(=O)N(Cc1ccco1)S(=O)(=O)NCc1ccccc1. The first-order chi connectivity index (χ1) is 17.6. The molecule has 0 aliphatic heterocycles. The first kappa shape index (κ1) is 26.8. The molecule has 0 fully saturated rings. The van der Waals surface area contributed by atoms with Gasteiger partial charge in [0.15, 0.2) is 9.84 Å². The molecule has 0 saturated carbocycles. The maximum atomic E-state index is 13.8. The van der Waals surface area contributed by atoms with Gasteiger partial charge in [-0.25, -0.2) is 16.8 Å². The molecular weight excluding hydrogens is 536 g/mol. The van der Waals surface area contributed by atoms with Gasteiger partial charge in [-0.05, 0) is 35.4 Å². The number of sulfone groups is 1. The van der Waals surface area contributed by atoms with Gasteiger partial charge in [0.25, 0.3) is 20.2 Å². The molecule has 0 saturated heterocycles. The molecule has 0 bridgehead atoms. The summed E-state index contributed by atoms with van der Waals surface area (Å²) in [5.41, 5.74) is 1.06. The number of rotatable bonds is 11. The zero-order chi connectivity index (χ0) is 26.5. The Morgan fingerprint density at radius 3 is 1.81 bits per heavy atom. The molecule has 0 atom stereocenters. The molecule has 37 heavy (non-hydrogen) atoms. The number of nitrogens with one attached hydrogen (secondary N) is 1. The minimum Gasteiger partial charge on any atom is -0.468 e. The van der Waals surface area contributed by atoms with E-state index in [1.165, 1.54) is 30.5 Å². The predicted molar refractivity (Wildman–Crippen MR) is 137 cm³/mol. The number of hydrogen-bond donors (Lipinski definition) is 1. The lowest BCUT2D eigenvalue weighted by molar-refractivity contribution is 0.432. The summed E-state index contributed by atoms with van der Waals surface area (Å²) in [4.78, 5) is -1.15. The fourth-order valence-electron chi connectivity index (χ4n) is 3.57. The number of benzene rings is 3. The van der Waals surface area contributed by atoms with Gasteiger partial charge in [-0.2, -0.15) is 13.1 Å². The van der Waals surface area contributed by atoms with Crippen LogP contribution >= 0.6 is 0 Å². The van der Waals surface area contributed by atoms with Crippen LogP contribution in [0.3, 0.4) is 0 Å². The summed E-state index contributed by atoms with van der Waals surface area (Å²) in [7, 11) is -13.8. The third-order valence-electron chi connectivity index (χ3n) is 5.36. The zero-order valence-electron chi connectivity index (χ0n) is 19.5. The highest BCUT2D eigenvalue weighted by atomic mass is 32.3. The summed E-state index contributed by atoms with van der Waals surface area (Å²) in [5, 5.41) is 0. The molecule has 1 aromatic heterocycles. The topological polar surface area (TPSA) is 131 Å². The highest BCUT2D eigenvalue weighted by Crippen LogP contribution is 2.29. The third kappa shape index (κ3) is 6.35. The summed E-state index contributed by atoms with van der Waals surface area (Å²) in [5.74, 6) is -0.407. The van der Waals surface area contributed by atoms with Crippen molar-refractivity contribution >= 4 is 30.1 Å². The fourth-order valence-corrected chi connectivity index (χ4v) is 9.03. The Balaban J connectivity index is 1.75. The van der Waals surface area contributed by atoms with Gasteiger partial charge in [0, 0.05) is 6.54 Å². The lowest BCUT2D eigenvalue weighted by Gasteiger charge is -2.23. The van der Waals surface area contributed by atoms with E-state index in [1.807, 2.05) is 0 Å². The zero-order valence-corrected chi connectivity index (χ0v) is 21.9. The Hall–Kier alpha value is -3.29. The Kier molecular flexibility index (Phi) is 7.95. The van der Waals surface area contributed by atoms with E-state index in [0.717, 1.165) is 12.1 Å². The van der Waals surface area contributed by atoms with Crippen LogP contribution in [0.15, 0.2) is 118 Å². The monoisotopic (exact) mass is 560 g/mol. The second-order valence-electron chi connectivity index (χ2n) is 8.02. The number of sulfonamides is 1. The van der Waals surface area contributed by atoms with E-state index in [2.05, 4.69) is 4.72 Å². The van der Waals surface area contributed by atoms with Gasteiger partial charge in [0.05, 0.1) is 23.5 Å². The lowest BCUT2D eigenvalue weighted by atomic mass is 10.2. The van der Waals surface area contributed by atoms with Gasteiger partial charge >= 0.3 is 0 Å². The van der Waals surface area contributed by atoms with E-state index < -0.39 is 52.2 Å². The van der Waals surface area contributed by atoms with Gasteiger partial charge in [0.1, 0.15) is 10.7 Å². The minimum atomic E-state index is -4.90. The van der Waals surface area contributed by atoms with E-state index in [4.69, 9.17) is 4.42 Å². The van der Waals surface area contributed by atoms with E-state index in [-0.39, 0.29) is 16.0 Å². The van der Waals surface area contributed by atoms with Crippen molar-refractivity contribution in [3.63, 3.8) is 0 Å². The maximum Gasteiger partial charge on any atom is 0.293 e. The molecule has 0 spiro atoms. The van der Waals surface area contributed by atoms with Crippen molar-refractivity contribution < 1.29 is 29.7 Å². The van der Waals surface area contributed by atoms with Crippen LogP contribution in [-0.2, 0) is 48.9 Å². The molecule has 0 radical (unpaired) electrons. The molecule has 0 aliphatic carbocycles. The molecule has 3 aromatic carbocycles. The average Bonchev–Trinajstić information content (AvgIpc) is 3.41. The quantitative estimate of drug-likeness (QED) is 0.297. The van der Waals surface area contributed by atoms with Crippen molar-refractivity contribution in [1.82, 2.24) is 8.43 Å². The van der Waals surface area contributed by atoms with E-state index in [9.17, 15) is 25.3 Å². The Morgan fingerprint density at radius 1 is 0.649 bits per heavy atom. The highest BCUT2D eigenvalue weighted by Gasteiger charge is 2.39. The molecule has 12 heteroatoms. The summed E-state index contributed by atoms with van der Waals surface area (Å²) in [6.45, 7) is -0.853. The van der Waals surface area contributed by atoms with Crippen LogP contribution in [0.2, 0.25) is 0 Å². The second-order valence-corrected chi connectivity index (χ2v) is 13.7. The van der Waals surface area contributed by atoms with Crippen molar-refractivity contribution in [2.45, 2.75) is 28.6 Å². The predicted octanol–water partition coefficient (Wildman–Crippen LogP) is 3.48. The summed E-state index contributed by atoms with van der Waals surface area (Å²) < 4.78 is 88.7. The average molecular weight is 561 g/mol. The first-order valence-corrected chi connectivity index (χ1v) is 15.6. The molecule has 0 aliphatic rings. The van der Waals surface area contributed by atoms with Crippen molar-refractivity contribution in [3.8, 4) is 0 Å². The molecule has 0 amide bonds. The van der Waals surface area contributed by atoms with Crippen LogP contribution in [0, 0.1) is 0 Å². The van der Waals surface area contributed by atoms with Crippen LogP contribution in [0.5, 0.6) is 0 Å². The van der Waals surface area contributed by atoms with Crippen LogP contribution in [0.1, 0.15) is 16.9 Å². The van der Waals surface area contributed by atoms with Gasteiger partial charge in [-0.3, -0.25) is 0 Å². The first-order valence-electron chi connectivity index (χ1n) is 11.0. The normalized spacial score (nSPS) is 12.6. The molecule has 4 rings (SSSR count). The van der Waals surface area contributed by atoms with Gasteiger partial charge in [-0.1, -0.05) is 76.5 Å². The van der Waals surface area contributed by atoms with Crippen molar-refractivity contribution in [2.24, 2.45) is 0 Å². The smallest absolute Gasteiger partial charge is 0.293 e. The largest absolute Gasteiger partial charge is 0.468 e. The molecular formula is C25H24N2O7S3.